The number of benzene rings is 1. The first kappa shape index (κ1) is 15.1. The average Bonchev–Trinajstić information content (AvgIpc) is 2.40. The van der Waals surface area contributed by atoms with Crippen molar-refractivity contribution >= 4 is 22.6 Å². The van der Waals surface area contributed by atoms with Crippen LogP contribution in [0.5, 0.6) is 0 Å². The van der Waals surface area contributed by atoms with Crippen molar-refractivity contribution in [3.8, 4) is 0 Å². The van der Waals surface area contributed by atoms with Crippen LogP contribution in [-0.2, 0) is 11.3 Å². The van der Waals surface area contributed by atoms with E-state index in [0.29, 0.717) is 17.7 Å². The quantitative estimate of drug-likeness (QED) is 0.296. The van der Waals surface area contributed by atoms with Gasteiger partial charge in [-0.25, -0.2) is 0 Å². The average molecular weight is 315 g/mol. The number of piperidine rings is 1. The number of nitrogens with zero attached hydrogens (tertiary/aromatic N) is 1. The Labute approximate surface area is 116 Å². The molecule has 1 aliphatic heterocycles. The summed E-state index contributed by atoms with van der Waals surface area (Å²) in [6.07, 6.45) is 2.62. The zero-order chi connectivity index (χ0) is 13.2. The lowest BCUT2D eigenvalue weighted by Gasteiger charge is -2.28. The highest BCUT2D eigenvalue weighted by molar-refractivity contribution is 9.09. The molecular weight excluding hydrogens is 296 g/mol. The minimum absolute atomic E-state index is 0.291. The summed E-state index contributed by atoms with van der Waals surface area (Å²) in [6, 6.07) is 10.3. The largest absolute Gasteiger partial charge is 0.411 e. The van der Waals surface area contributed by atoms with E-state index >= 15 is 0 Å². The number of oxime groups is 1. The Morgan fingerprint density at radius 1 is 1.44 bits per heavy atom. The second-order valence-corrected chi connectivity index (χ2v) is 4.96. The van der Waals surface area contributed by atoms with Gasteiger partial charge in [-0.05, 0) is 24.9 Å². The molecule has 0 spiro atoms. The van der Waals surface area contributed by atoms with Gasteiger partial charge in [0.05, 0.1) is 17.7 Å². The lowest BCUT2D eigenvalue weighted by Crippen LogP contribution is -2.41. The van der Waals surface area contributed by atoms with Crippen molar-refractivity contribution in [2.24, 2.45) is 5.16 Å². The molecule has 0 saturated carbocycles. The summed E-state index contributed by atoms with van der Waals surface area (Å²) in [5.41, 5.74) is 1.24. The second-order valence-electron chi connectivity index (χ2n) is 3.97. The van der Waals surface area contributed by atoms with Crippen molar-refractivity contribution in [1.29, 1.82) is 0 Å². The lowest BCUT2D eigenvalue weighted by molar-refractivity contribution is 0.0188. The molecule has 0 aliphatic carbocycles. The molecule has 1 aromatic rings. The SMILES string of the molecule is BrC1NCCCC1OCc1ccccc1.C=NO. The highest BCUT2D eigenvalue weighted by Gasteiger charge is 2.22. The fraction of sp³-hybridized carbons (Fsp3) is 0.462. The molecule has 0 bridgehead atoms. The van der Waals surface area contributed by atoms with E-state index in [1.165, 1.54) is 12.0 Å². The summed E-state index contributed by atoms with van der Waals surface area (Å²) in [5, 5.41) is 12.7. The first-order valence-corrected chi connectivity index (χ1v) is 6.82. The monoisotopic (exact) mass is 314 g/mol. The molecule has 18 heavy (non-hydrogen) atoms. The van der Waals surface area contributed by atoms with Crippen LogP contribution in [0, 0.1) is 0 Å². The van der Waals surface area contributed by atoms with E-state index in [4.69, 9.17) is 9.94 Å². The lowest BCUT2D eigenvalue weighted by atomic mass is 10.1. The van der Waals surface area contributed by atoms with E-state index in [0.717, 1.165) is 13.0 Å². The zero-order valence-electron chi connectivity index (χ0n) is 10.3. The molecule has 2 unspecified atom stereocenters. The van der Waals surface area contributed by atoms with Crippen LogP contribution in [0.25, 0.3) is 0 Å². The normalized spacial score (nSPS) is 22.7. The van der Waals surface area contributed by atoms with E-state index in [-0.39, 0.29) is 0 Å². The fourth-order valence-electron chi connectivity index (χ4n) is 1.77. The van der Waals surface area contributed by atoms with Crippen molar-refractivity contribution in [3.63, 3.8) is 0 Å². The molecule has 2 rings (SSSR count). The Hall–Kier alpha value is -0.910. The highest BCUT2D eigenvalue weighted by atomic mass is 79.9. The molecule has 2 atom stereocenters. The first-order valence-electron chi connectivity index (χ1n) is 5.91. The summed E-state index contributed by atoms with van der Waals surface area (Å²) < 4.78 is 5.87. The van der Waals surface area contributed by atoms with Gasteiger partial charge >= 0.3 is 0 Å². The summed E-state index contributed by atoms with van der Waals surface area (Å²) in [5.74, 6) is 0. The smallest absolute Gasteiger partial charge is 0.0896 e. The maximum absolute atomic E-state index is 7.08. The van der Waals surface area contributed by atoms with Gasteiger partial charge in [-0.3, -0.25) is 0 Å². The van der Waals surface area contributed by atoms with E-state index in [9.17, 15) is 0 Å². The molecule has 1 fully saturated rings. The standard InChI is InChI=1S/C12H16BrNO.CH3NO/c13-12-11(7-4-8-14-12)15-9-10-5-2-1-3-6-10;1-2-3/h1-3,5-6,11-12,14H,4,7-9H2;3H,1H2. The number of ether oxygens (including phenoxy) is 1. The number of hydrogen-bond acceptors (Lipinski definition) is 4. The predicted octanol–water partition coefficient (Wildman–Crippen LogP) is 2.75. The van der Waals surface area contributed by atoms with E-state index in [1.807, 2.05) is 18.2 Å². The second kappa shape index (κ2) is 9.08. The summed E-state index contributed by atoms with van der Waals surface area (Å²) in [7, 11) is 0. The molecule has 1 saturated heterocycles. The third kappa shape index (κ3) is 5.62. The molecule has 0 amide bonds. The molecule has 5 heteroatoms. The fourth-order valence-corrected chi connectivity index (χ4v) is 2.41. The maximum atomic E-state index is 7.08. The molecule has 2 N–H and O–H groups in total. The number of alkyl halides is 1. The Balaban J connectivity index is 0.000000492. The van der Waals surface area contributed by atoms with E-state index in [1.54, 1.807) is 0 Å². The topological polar surface area (TPSA) is 53.8 Å². The maximum Gasteiger partial charge on any atom is 0.0896 e. The summed E-state index contributed by atoms with van der Waals surface area (Å²) in [6.45, 7) is 4.45. The minimum Gasteiger partial charge on any atom is -0.411 e. The molecule has 0 radical (unpaired) electrons. The van der Waals surface area contributed by atoms with Crippen LogP contribution < -0.4 is 5.32 Å². The van der Waals surface area contributed by atoms with Crippen LogP contribution in [0.2, 0.25) is 0 Å². The molecule has 4 nitrogen and oxygen atoms in total. The van der Waals surface area contributed by atoms with Gasteiger partial charge in [-0.2, -0.15) is 0 Å². The van der Waals surface area contributed by atoms with Crippen molar-refractivity contribution in [2.75, 3.05) is 6.54 Å². The van der Waals surface area contributed by atoms with Gasteiger partial charge in [0.2, 0.25) is 0 Å². The van der Waals surface area contributed by atoms with Crippen LogP contribution >= 0.6 is 15.9 Å². The number of halogens is 1. The van der Waals surface area contributed by atoms with Gasteiger partial charge in [0.1, 0.15) is 0 Å². The van der Waals surface area contributed by atoms with Crippen LogP contribution in [0.1, 0.15) is 18.4 Å². The minimum atomic E-state index is 0.291. The molecule has 0 aromatic heterocycles. The number of nitrogens with one attached hydrogen (secondary N) is 1. The van der Waals surface area contributed by atoms with Crippen LogP contribution in [0.3, 0.4) is 0 Å². The molecule has 1 aliphatic rings. The van der Waals surface area contributed by atoms with Crippen LogP contribution in [0.4, 0.5) is 0 Å². The third-order valence-electron chi connectivity index (χ3n) is 2.64. The summed E-state index contributed by atoms with van der Waals surface area (Å²) >= 11 is 3.59. The first-order chi connectivity index (χ1) is 8.77. The van der Waals surface area contributed by atoms with E-state index in [2.05, 4.69) is 45.3 Å². The Kier molecular flexibility index (Phi) is 7.64. The van der Waals surface area contributed by atoms with Gasteiger partial charge in [-0.1, -0.05) is 46.3 Å². The molecular formula is C13H19BrN2O2. The van der Waals surface area contributed by atoms with E-state index < -0.39 is 0 Å². The molecule has 1 heterocycles. The van der Waals surface area contributed by atoms with Crippen molar-refractivity contribution in [1.82, 2.24) is 5.32 Å². The van der Waals surface area contributed by atoms with Gasteiger partial charge in [0, 0.05) is 6.72 Å². The third-order valence-corrected chi connectivity index (χ3v) is 3.55. The Bertz CT molecular complexity index is 335. The van der Waals surface area contributed by atoms with Crippen molar-refractivity contribution < 1.29 is 9.94 Å². The predicted molar refractivity (Wildman–Crippen MR) is 76.3 cm³/mol. The van der Waals surface area contributed by atoms with Gasteiger partial charge in [0.15, 0.2) is 0 Å². The number of rotatable bonds is 3. The Morgan fingerprint density at radius 2 is 2.11 bits per heavy atom. The number of hydrogen-bond donors (Lipinski definition) is 2. The van der Waals surface area contributed by atoms with Crippen LogP contribution in [0.15, 0.2) is 35.5 Å². The van der Waals surface area contributed by atoms with Crippen LogP contribution in [-0.4, -0.2) is 29.5 Å². The van der Waals surface area contributed by atoms with Gasteiger partial charge < -0.3 is 15.3 Å². The van der Waals surface area contributed by atoms with Crippen molar-refractivity contribution in [3.05, 3.63) is 35.9 Å². The Morgan fingerprint density at radius 3 is 2.72 bits per heavy atom. The zero-order valence-corrected chi connectivity index (χ0v) is 11.8. The molecule has 1 aromatic carbocycles. The summed E-state index contributed by atoms with van der Waals surface area (Å²) in [4.78, 5) is 0.301. The van der Waals surface area contributed by atoms with Gasteiger partial charge in [0.25, 0.3) is 0 Å². The van der Waals surface area contributed by atoms with Gasteiger partial charge in [-0.15, -0.1) is 5.16 Å². The molecule has 100 valence electrons. The van der Waals surface area contributed by atoms with Crippen molar-refractivity contribution in [2.45, 2.75) is 30.5 Å². The highest BCUT2D eigenvalue weighted by Crippen LogP contribution is 2.18.